The first kappa shape index (κ1) is 19.1. The van der Waals surface area contributed by atoms with Crippen molar-refractivity contribution >= 4 is 28.5 Å². The van der Waals surface area contributed by atoms with Gasteiger partial charge in [0.05, 0.1) is 5.52 Å². The van der Waals surface area contributed by atoms with Crippen molar-refractivity contribution in [3.05, 3.63) is 72.4 Å². The SMILES string of the molecule is O=C(OCC(=O)N(c1ccccc1)C1CCCCC1)c1ccc2ccccc2n1. The molecule has 1 aromatic heterocycles. The number of esters is 1. The molecule has 1 aliphatic carbocycles. The molecule has 1 fully saturated rings. The number of para-hydroxylation sites is 2. The van der Waals surface area contributed by atoms with E-state index in [1.54, 1.807) is 11.0 Å². The Bertz CT molecular complexity index is 997. The van der Waals surface area contributed by atoms with E-state index in [4.69, 9.17) is 4.74 Å². The second kappa shape index (κ2) is 8.86. The molecule has 0 saturated heterocycles. The Morgan fingerprint density at radius 3 is 2.41 bits per heavy atom. The number of amides is 1. The van der Waals surface area contributed by atoms with Gasteiger partial charge in [0.2, 0.25) is 0 Å². The lowest BCUT2D eigenvalue weighted by Crippen LogP contribution is -2.43. The summed E-state index contributed by atoms with van der Waals surface area (Å²) >= 11 is 0. The predicted octanol–water partition coefficient (Wildman–Crippen LogP) is 4.76. The molecule has 0 unspecified atom stereocenters. The molecule has 29 heavy (non-hydrogen) atoms. The minimum atomic E-state index is -0.583. The lowest BCUT2D eigenvalue weighted by atomic mass is 9.93. The zero-order valence-corrected chi connectivity index (χ0v) is 16.3. The zero-order chi connectivity index (χ0) is 20.1. The van der Waals surface area contributed by atoms with Crippen LogP contribution in [0.2, 0.25) is 0 Å². The van der Waals surface area contributed by atoms with Crippen LogP contribution in [0.5, 0.6) is 0 Å². The minimum absolute atomic E-state index is 0.149. The van der Waals surface area contributed by atoms with Gasteiger partial charge in [0.25, 0.3) is 5.91 Å². The summed E-state index contributed by atoms with van der Waals surface area (Å²) in [6, 6.07) is 20.8. The Morgan fingerprint density at radius 1 is 0.897 bits per heavy atom. The van der Waals surface area contributed by atoms with Crippen molar-refractivity contribution in [3.63, 3.8) is 0 Å². The molecule has 0 N–H and O–H groups in total. The third kappa shape index (κ3) is 4.45. The van der Waals surface area contributed by atoms with Crippen molar-refractivity contribution in [2.45, 2.75) is 38.1 Å². The second-order valence-corrected chi connectivity index (χ2v) is 7.36. The molecule has 0 spiro atoms. The van der Waals surface area contributed by atoms with Gasteiger partial charge in [-0.1, -0.05) is 61.7 Å². The Morgan fingerprint density at radius 2 is 1.62 bits per heavy atom. The molecule has 5 nitrogen and oxygen atoms in total. The average molecular weight is 388 g/mol. The standard InChI is InChI=1S/C24H24N2O3/c27-23(26(19-10-3-1-4-11-19)20-12-5-2-6-13-20)17-29-24(28)22-16-15-18-9-7-8-14-21(18)25-22/h1,3-4,7-11,14-16,20H,2,5-6,12-13,17H2. The van der Waals surface area contributed by atoms with Crippen LogP contribution < -0.4 is 4.90 Å². The summed E-state index contributed by atoms with van der Waals surface area (Å²) in [6.07, 6.45) is 5.38. The maximum absolute atomic E-state index is 13.0. The normalized spacial score (nSPS) is 14.5. The fourth-order valence-electron chi connectivity index (χ4n) is 3.94. The smallest absolute Gasteiger partial charge is 0.357 e. The third-order valence-electron chi connectivity index (χ3n) is 5.38. The van der Waals surface area contributed by atoms with Gasteiger partial charge in [-0.25, -0.2) is 9.78 Å². The van der Waals surface area contributed by atoms with E-state index in [-0.39, 0.29) is 24.2 Å². The lowest BCUT2D eigenvalue weighted by Gasteiger charge is -2.34. The first-order chi connectivity index (χ1) is 14.2. The first-order valence-electron chi connectivity index (χ1n) is 10.1. The summed E-state index contributed by atoms with van der Waals surface area (Å²) in [4.78, 5) is 31.6. The number of nitrogens with zero attached hydrogens (tertiary/aromatic N) is 2. The van der Waals surface area contributed by atoms with E-state index in [1.165, 1.54) is 6.42 Å². The molecular formula is C24H24N2O3. The molecule has 1 heterocycles. The van der Waals surface area contributed by atoms with Gasteiger partial charge in [-0.2, -0.15) is 0 Å². The number of ether oxygens (including phenoxy) is 1. The highest BCUT2D eigenvalue weighted by Crippen LogP contribution is 2.27. The topological polar surface area (TPSA) is 59.5 Å². The number of anilines is 1. The number of hydrogen-bond donors (Lipinski definition) is 0. The highest BCUT2D eigenvalue weighted by Gasteiger charge is 2.27. The Balaban J connectivity index is 1.47. The van der Waals surface area contributed by atoms with E-state index < -0.39 is 5.97 Å². The number of pyridine rings is 1. The molecule has 0 radical (unpaired) electrons. The lowest BCUT2D eigenvalue weighted by molar-refractivity contribution is -0.122. The van der Waals surface area contributed by atoms with Crippen molar-refractivity contribution < 1.29 is 14.3 Å². The van der Waals surface area contributed by atoms with Gasteiger partial charge >= 0.3 is 5.97 Å². The second-order valence-electron chi connectivity index (χ2n) is 7.36. The number of carbonyl (C=O) groups is 2. The van der Waals surface area contributed by atoms with E-state index in [2.05, 4.69) is 4.98 Å². The molecule has 4 rings (SSSR count). The van der Waals surface area contributed by atoms with E-state index >= 15 is 0 Å². The van der Waals surface area contributed by atoms with Crippen LogP contribution in [0.3, 0.4) is 0 Å². The molecule has 5 heteroatoms. The van der Waals surface area contributed by atoms with E-state index in [9.17, 15) is 9.59 Å². The Kier molecular flexibility index (Phi) is 5.84. The largest absolute Gasteiger partial charge is 0.451 e. The number of rotatable bonds is 5. The first-order valence-corrected chi connectivity index (χ1v) is 10.1. The van der Waals surface area contributed by atoms with Crippen LogP contribution in [-0.2, 0) is 9.53 Å². The average Bonchev–Trinajstić information content (AvgIpc) is 2.79. The van der Waals surface area contributed by atoms with Crippen LogP contribution in [0.1, 0.15) is 42.6 Å². The van der Waals surface area contributed by atoms with Gasteiger partial charge in [0.1, 0.15) is 5.69 Å². The molecule has 148 valence electrons. The minimum Gasteiger partial charge on any atom is -0.451 e. The molecule has 3 aromatic rings. The number of fused-ring (bicyclic) bond motifs is 1. The fourth-order valence-corrected chi connectivity index (χ4v) is 3.94. The van der Waals surface area contributed by atoms with Crippen LogP contribution in [0.4, 0.5) is 5.69 Å². The van der Waals surface area contributed by atoms with Crippen LogP contribution in [0.15, 0.2) is 66.7 Å². The van der Waals surface area contributed by atoms with Gasteiger partial charge < -0.3 is 9.64 Å². The molecule has 2 aromatic carbocycles. The van der Waals surface area contributed by atoms with Crippen LogP contribution >= 0.6 is 0 Å². The Labute approximate surface area is 170 Å². The summed E-state index contributed by atoms with van der Waals surface area (Å²) in [5.41, 5.74) is 1.78. The highest BCUT2D eigenvalue weighted by atomic mass is 16.5. The number of aromatic nitrogens is 1. The van der Waals surface area contributed by atoms with Gasteiger partial charge in [0.15, 0.2) is 6.61 Å². The maximum Gasteiger partial charge on any atom is 0.357 e. The van der Waals surface area contributed by atoms with Crippen molar-refractivity contribution in [2.24, 2.45) is 0 Å². The summed E-state index contributed by atoms with van der Waals surface area (Å²) in [7, 11) is 0. The van der Waals surface area contributed by atoms with E-state index in [0.29, 0.717) is 0 Å². The van der Waals surface area contributed by atoms with Gasteiger partial charge in [0, 0.05) is 17.1 Å². The summed E-state index contributed by atoms with van der Waals surface area (Å²) < 4.78 is 5.34. The van der Waals surface area contributed by atoms with Gasteiger partial charge in [-0.05, 0) is 37.1 Å². The quantitative estimate of drug-likeness (QED) is 0.592. The molecule has 1 aliphatic rings. The van der Waals surface area contributed by atoms with Crippen LogP contribution in [-0.4, -0.2) is 29.5 Å². The predicted molar refractivity (Wildman–Crippen MR) is 113 cm³/mol. The van der Waals surface area contributed by atoms with E-state index in [1.807, 2.05) is 60.7 Å². The molecular weight excluding hydrogens is 364 g/mol. The van der Waals surface area contributed by atoms with Gasteiger partial charge in [-0.15, -0.1) is 0 Å². The molecule has 0 bridgehead atoms. The van der Waals surface area contributed by atoms with Crippen molar-refractivity contribution in [1.82, 2.24) is 4.98 Å². The van der Waals surface area contributed by atoms with Crippen molar-refractivity contribution in [3.8, 4) is 0 Å². The van der Waals surface area contributed by atoms with Crippen LogP contribution in [0.25, 0.3) is 10.9 Å². The fraction of sp³-hybridized carbons (Fsp3) is 0.292. The highest BCUT2D eigenvalue weighted by molar-refractivity contribution is 5.97. The molecule has 0 atom stereocenters. The summed E-state index contributed by atoms with van der Waals surface area (Å²) in [6.45, 7) is -0.293. The number of hydrogen-bond acceptors (Lipinski definition) is 4. The summed E-state index contributed by atoms with van der Waals surface area (Å²) in [5.74, 6) is -0.780. The Hall–Kier alpha value is -3.21. The number of benzene rings is 2. The van der Waals surface area contributed by atoms with Gasteiger partial charge in [-0.3, -0.25) is 4.79 Å². The molecule has 0 aliphatic heterocycles. The van der Waals surface area contributed by atoms with E-state index in [0.717, 1.165) is 42.3 Å². The molecule has 1 saturated carbocycles. The number of carbonyl (C=O) groups excluding carboxylic acids is 2. The summed E-state index contributed by atoms with van der Waals surface area (Å²) in [5, 5.41) is 0.952. The maximum atomic E-state index is 13.0. The van der Waals surface area contributed by atoms with Crippen molar-refractivity contribution in [2.75, 3.05) is 11.5 Å². The van der Waals surface area contributed by atoms with Crippen molar-refractivity contribution in [1.29, 1.82) is 0 Å². The third-order valence-corrected chi connectivity index (χ3v) is 5.38. The monoisotopic (exact) mass is 388 g/mol. The van der Waals surface area contributed by atoms with Crippen LogP contribution in [0, 0.1) is 0 Å². The molecule has 1 amide bonds. The zero-order valence-electron chi connectivity index (χ0n) is 16.3.